The zero-order chi connectivity index (χ0) is 22.1. The first-order valence-corrected chi connectivity index (χ1v) is 10.3. The first-order valence-electron chi connectivity index (χ1n) is 8.79. The van der Waals surface area contributed by atoms with Crippen LogP contribution in [0.25, 0.3) is 0 Å². The third-order valence-corrected chi connectivity index (χ3v) is 5.36. The zero-order valence-electron chi connectivity index (χ0n) is 15.8. The van der Waals surface area contributed by atoms with Crippen LogP contribution in [0.3, 0.4) is 0 Å². The molecular formula is C18H22FN5O5S. The Morgan fingerprint density at radius 2 is 1.93 bits per heavy atom. The van der Waals surface area contributed by atoms with Gasteiger partial charge >= 0.3 is 0 Å². The number of ether oxygens (including phenoxy) is 1. The second-order valence-corrected chi connectivity index (χ2v) is 7.85. The van der Waals surface area contributed by atoms with Crippen molar-refractivity contribution >= 4 is 21.9 Å². The second kappa shape index (κ2) is 10.5. The molecule has 7 N–H and O–H groups in total. The number of benzene rings is 2. The lowest BCUT2D eigenvalue weighted by atomic mass is 10.1. The quantitative estimate of drug-likeness (QED) is 0.106. The minimum absolute atomic E-state index is 0.0103. The molecule has 2 rings (SSSR count). The first kappa shape index (κ1) is 23.1. The summed E-state index contributed by atoms with van der Waals surface area (Å²) in [5.74, 6) is -1.95. The molecule has 1 amide bonds. The Hall–Kier alpha value is -3.22. The highest BCUT2D eigenvalue weighted by Gasteiger charge is 2.26. The van der Waals surface area contributed by atoms with Crippen molar-refractivity contribution in [3.8, 4) is 11.5 Å². The number of carbonyl (C=O) groups excluding carboxylic acids is 1. The van der Waals surface area contributed by atoms with Crippen LogP contribution >= 0.6 is 0 Å². The summed E-state index contributed by atoms with van der Waals surface area (Å²) < 4.78 is 47.0. The number of hydrogen-bond donors (Lipinski definition) is 6. The van der Waals surface area contributed by atoms with E-state index in [0.717, 1.165) is 18.2 Å². The van der Waals surface area contributed by atoms with Crippen LogP contribution < -0.4 is 26.0 Å². The van der Waals surface area contributed by atoms with Gasteiger partial charge in [0.1, 0.15) is 11.8 Å². The topological polar surface area (TPSA) is 167 Å². The number of halogens is 1. The number of rotatable bonds is 10. The number of hydroxylamine groups is 1. The van der Waals surface area contributed by atoms with Gasteiger partial charge in [0, 0.05) is 6.54 Å². The van der Waals surface area contributed by atoms with E-state index < -0.39 is 32.7 Å². The molecular weight excluding hydrogens is 417 g/mol. The van der Waals surface area contributed by atoms with Crippen molar-refractivity contribution in [3.05, 3.63) is 54.3 Å². The van der Waals surface area contributed by atoms with Gasteiger partial charge in [-0.15, -0.1) is 0 Å². The van der Waals surface area contributed by atoms with Crippen LogP contribution in [0, 0.1) is 11.2 Å². The van der Waals surface area contributed by atoms with Crippen molar-refractivity contribution in [2.75, 3.05) is 6.54 Å². The third-order valence-electron chi connectivity index (χ3n) is 3.89. The molecule has 0 heterocycles. The van der Waals surface area contributed by atoms with Crippen LogP contribution in [0.4, 0.5) is 4.39 Å². The molecule has 1 atom stereocenters. The molecule has 0 saturated carbocycles. The Bertz CT molecular complexity index is 988. The second-order valence-electron chi connectivity index (χ2n) is 6.14. The first-order chi connectivity index (χ1) is 14.2. The molecule has 2 aromatic carbocycles. The average molecular weight is 439 g/mol. The normalized spacial score (nSPS) is 12.1. The molecule has 0 aliphatic rings. The van der Waals surface area contributed by atoms with Crippen molar-refractivity contribution in [3.63, 3.8) is 0 Å². The Labute approximate surface area is 172 Å². The molecule has 30 heavy (non-hydrogen) atoms. The molecule has 162 valence electrons. The number of nitrogens with two attached hydrogens (primary N) is 1. The van der Waals surface area contributed by atoms with Crippen LogP contribution in [-0.4, -0.2) is 38.1 Å². The summed E-state index contributed by atoms with van der Waals surface area (Å²) in [6.07, 6.45) is 0.252. The Morgan fingerprint density at radius 1 is 1.23 bits per heavy atom. The number of para-hydroxylation sites is 1. The van der Waals surface area contributed by atoms with Gasteiger partial charge in [0.2, 0.25) is 10.0 Å². The fourth-order valence-corrected chi connectivity index (χ4v) is 3.69. The molecule has 0 radical (unpaired) electrons. The van der Waals surface area contributed by atoms with E-state index in [0.29, 0.717) is 5.75 Å². The van der Waals surface area contributed by atoms with E-state index in [1.54, 1.807) is 30.3 Å². The van der Waals surface area contributed by atoms with Gasteiger partial charge in [0.05, 0.1) is 4.90 Å². The van der Waals surface area contributed by atoms with Gasteiger partial charge < -0.3 is 15.8 Å². The molecule has 0 spiro atoms. The van der Waals surface area contributed by atoms with E-state index in [4.69, 9.17) is 21.1 Å². The van der Waals surface area contributed by atoms with E-state index in [2.05, 4.69) is 10.0 Å². The van der Waals surface area contributed by atoms with Crippen LogP contribution in [-0.2, 0) is 14.8 Å². The predicted molar refractivity (Wildman–Crippen MR) is 106 cm³/mol. The number of sulfonamides is 1. The summed E-state index contributed by atoms with van der Waals surface area (Å²) in [6.45, 7) is 0.215. The van der Waals surface area contributed by atoms with Crippen LogP contribution in [0.2, 0.25) is 0 Å². The number of hydrogen-bond acceptors (Lipinski definition) is 6. The van der Waals surface area contributed by atoms with Gasteiger partial charge in [-0.25, -0.2) is 18.3 Å². The van der Waals surface area contributed by atoms with Crippen molar-refractivity contribution < 1.29 is 27.5 Å². The summed E-state index contributed by atoms with van der Waals surface area (Å²) in [6, 6.07) is 10.1. The van der Waals surface area contributed by atoms with Crippen LogP contribution in [0.5, 0.6) is 11.5 Å². The number of amides is 1. The molecule has 0 fully saturated rings. The molecule has 0 aliphatic heterocycles. The summed E-state index contributed by atoms with van der Waals surface area (Å²) in [5, 5.41) is 18.4. The molecule has 2 aromatic rings. The van der Waals surface area contributed by atoms with Crippen molar-refractivity contribution in [2.45, 2.75) is 23.8 Å². The molecule has 12 heteroatoms. The Balaban J connectivity index is 2.12. The lowest BCUT2D eigenvalue weighted by molar-refractivity contribution is -0.131. The van der Waals surface area contributed by atoms with E-state index in [1.807, 2.05) is 0 Å². The lowest BCUT2D eigenvalue weighted by Gasteiger charge is -2.17. The highest BCUT2D eigenvalue weighted by atomic mass is 32.2. The maximum absolute atomic E-state index is 14.4. The fourth-order valence-electron chi connectivity index (χ4n) is 2.45. The van der Waals surface area contributed by atoms with Crippen molar-refractivity contribution in [2.24, 2.45) is 5.73 Å². The summed E-state index contributed by atoms with van der Waals surface area (Å²) in [5.41, 5.74) is 6.53. The largest absolute Gasteiger partial charge is 0.454 e. The number of guanidine groups is 1. The van der Waals surface area contributed by atoms with Gasteiger partial charge in [-0.3, -0.25) is 15.4 Å². The summed E-state index contributed by atoms with van der Waals surface area (Å²) in [4.78, 5) is 11.4. The van der Waals surface area contributed by atoms with Gasteiger partial charge in [0.15, 0.2) is 17.5 Å². The number of carbonyl (C=O) groups is 1. The summed E-state index contributed by atoms with van der Waals surface area (Å²) >= 11 is 0. The highest BCUT2D eigenvalue weighted by molar-refractivity contribution is 7.89. The van der Waals surface area contributed by atoms with Gasteiger partial charge in [0.25, 0.3) is 5.91 Å². The average Bonchev–Trinajstić information content (AvgIpc) is 2.71. The Kier molecular flexibility index (Phi) is 8.09. The lowest BCUT2D eigenvalue weighted by Crippen LogP contribution is -2.46. The fraction of sp³-hybridized carbons (Fsp3) is 0.222. The molecule has 10 nitrogen and oxygen atoms in total. The van der Waals surface area contributed by atoms with E-state index >= 15 is 0 Å². The van der Waals surface area contributed by atoms with Crippen molar-refractivity contribution in [1.29, 1.82) is 5.41 Å². The van der Waals surface area contributed by atoms with E-state index in [9.17, 15) is 17.6 Å². The predicted octanol–water partition coefficient (Wildman–Crippen LogP) is 1.03. The molecule has 0 bridgehead atoms. The molecule has 0 saturated heterocycles. The monoisotopic (exact) mass is 439 g/mol. The SMILES string of the molecule is N=C(N)NCCC[C@@H](NS(=O)(=O)c1ccc(Oc2ccccc2)c(F)c1)C(=O)NO. The minimum atomic E-state index is -4.29. The zero-order valence-corrected chi connectivity index (χ0v) is 16.6. The summed E-state index contributed by atoms with van der Waals surface area (Å²) in [7, 11) is -4.29. The van der Waals surface area contributed by atoms with Crippen LogP contribution in [0.15, 0.2) is 53.4 Å². The maximum Gasteiger partial charge on any atom is 0.261 e. The van der Waals surface area contributed by atoms with E-state index in [-0.39, 0.29) is 31.1 Å². The standard InChI is InChI=1S/C18H22FN5O5S/c19-14-11-13(8-9-16(14)29-12-5-2-1-3-6-12)30(27,28)24-15(17(25)23-26)7-4-10-22-18(20)21/h1-3,5-6,8-9,11,15,24,26H,4,7,10H2,(H,23,25)(H4,20,21,22)/t15-/m1/s1. The van der Waals surface area contributed by atoms with Gasteiger partial charge in [-0.05, 0) is 43.2 Å². The maximum atomic E-state index is 14.4. The Morgan fingerprint density at radius 3 is 2.53 bits per heavy atom. The van der Waals surface area contributed by atoms with Crippen molar-refractivity contribution in [1.82, 2.24) is 15.5 Å². The molecule has 0 aromatic heterocycles. The molecule has 0 aliphatic carbocycles. The smallest absolute Gasteiger partial charge is 0.261 e. The van der Waals surface area contributed by atoms with E-state index in [1.165, 1.54) is 5.48 Å². The van der Waals surface area contributed by atoms with Gasteiger partial charge in [-0.2, -0.15) is 4.72 Å². The molecule has 0 unspecified atom stereocenters. The highest BCUT2D eigenvalue weighted by Crippen LogP contribution is 2.26. The van der Waals surface area contributed by atoms with Crippen LogP contribution in [0.1, 0.15) is 12.8 Å². The number of nitrogens with one attached hydrogen (secondary N) is 4. The van der Waals surface area contributed by atoms with Gasteiger partial charge in [-0.1, -0.05) is 18.2 Å². The minimum Gasteiger partial charge on any atom is -0.454 e. The third kappa shape index (κ3) is 6.69.